The van der Waals surface area contributed by atoms with Crippen molar-refractivity contribution in [3.05, 3.63) is 143 Å². The Morgan fingerprint density at radius 3 is 0.889 bits per heavy atom. The molecule has 0 aliphatic carbocycles. The van der Waals surface area contributed by atoms with E-state index >= 15 is 0 Å². The number of rotatable bonds is 12. The van der Waals surface area contributed by atoms with Gasteiger partial charge in [0.1, 0.15) is 0 Å². The predicted molar refractivity (Wildman–Crippen MR) is 144 cm³/mol. The first kappa shape index (κ1) is 25.0. The molecule has 0 bridgehead atoms. The van der Waals surface area contributed by atoms with Crippen LogP contribution in [0.2, 0.25) is 0 Å². The van der Waals surface area contributed by atoms with Gasteiger partial charge in [-0.3, -0.25) is 14.4 Å². The van der Waals surface area contributed by atoms with Gasteiger partial charge < -0.3 is 0 Å². The molecule has 0 unspecified atom stereocenters. The van der Waals surface area contributed by atoms with E-state index < -0.39 is 0 Å². The summed E-state index contributed by atoms with van der Waals surface area (Å²) >= 11 is 0. The molecule has 4 aromatic carbocycles. The summed E-state index contributed by atoms with van der Waals surface area (Å²) in [6.45, 7) is 0. The number of carbonyl (C=O) groups excluding carboxylic acids is 3. The number of aryl methyl sites for hydroxylation is 3. The third-order valence-electron chi connectivity index (χ3n) is 6.35. The number of hydrogen-bond donors (Lipinski definition) is 0. The lowest BCUT2D eigenvalue weighted by Crippen LogP contribution is -2.10. The largest absolute Gasteiger partial charge is 0.294 e. The second kappa shape index (κ2) is 12.6. The van der Waals surface area contributed by atoms with Crippen LogP contribution in [-0.2, 0) is 19.3 Å². The van der Waals surface area contributed by atoms with Crippen LogP contribution in [0.4, 0.5) is 0 Å². The summed E-state index contributed by atoms with van der Waals surface area (Å²) in [6.07, 6.45) is 2.81. The molecule has 3 nitrogen and oxygen atoms in total. The van der Waals surface area contributed by atoms with Gasteiger partial charge in [0, 0.05) is 36.0 Å². The molecular weight excluding hydrogens is 444 g/mol. The van der Waals surface area contributed by atoms with E-state index in [2.05, 4.69) is 0 Å². The minimum atomic E-state index is -0.0614. The zero-order valence-corrected chi connectivity index (χ0v) is 20.4. The standard InChI is InChI=1S/C33H30O3/c34-31(19-16-25-10-4-1-5-11-25)28-22-29(32(35)20-17-26-12-6-2-7-13-26)24-30(23-28)33(36)21-18-27-14-8-3-9-15-27/h1-15,22-24H,16-21H2. The van der Waals surface area contributed by atoms with Crippen LogP contribution in [0, 0.1) is 0 Å². The average Bonchev–Trinajstić information content (AvgIpc) is 2.94. The molecule has 0 fully saturated rings. The molecule has 0 aliphatic rings. The van der Waals surface area contributed by atoms with E-state index in [1.54, 1.807) is 18.2 Å². The van der Waals surface area contributed by atoms with Crippen LogP contribution in [0.1, 0.15) is 67.0 Å². The topological polar surface area (TPSA) is 51.2 Å². The molecule has 4 aromatic rings. The molecule has 0 heterocycles. The van der Waals surface area contributed by atoms with Crippen LogP contribution in [-0.4, -0.2) is 17.3 Å². The fraction of sp³-hybridized carbons (Fsp3) is 0.182. The Balaban J connectivity index is 1.52. The normalized spacial score (nSPS) is 10.7. The molecule has 180 valence electrons. The lowest BCUT2D eigenvalue weighted by Gasteiger charge is -2.10. The zero-order chi connectivity index (χ0) is 25.2. The van der Waals surface area contributed by atoms with Crippen molar-refractivity contribution in [2.45, 2.75) is 38.5 Å². The van der Waals surface area contributed by atoms with Gasteiger partial charge in [0.25, 0.3) is 0 Å². The van der Waals surface area contributed by atoms with Gasteiger partial charge in [-0.15, -0.1) is 0 Å². The number of benzene rings is 4. The first-order valence-corrected chi connectivity index (χ1v) is 12.4. The van der Waals surface area contributed by atoms with Gasteiger partial charge in [-0.2, -0.15) is 0 Å². The molecule has 0 aliphatic heterocycles. The van der Waals surface area contributed by atoms with Crippen molar-refractivity contribution in [2.24, 2.45) is 0 Å². The van der Waals surface area contributed by atoms with E-state index in [9.17, 15) is 14.4 Å². The Hall–Kier alpha value is -4.11. The minimum absolute atomic E-state index is 0.0614. The molecule has 0 N–H and O–H groups in total. The summed E-state index contributed by atoms with van der Waals surface area (Å²) in [4.78, 5) is 39.3. The van der Waals surface area contributed by atoms with Crippen LogP contribution in [0.25, 0.3) is 0 Å². The molecule has 0 amide bonds. The lowest BCUT2D eigenvalue weighted by atomic mass is 9.93. The summed E-state index contributed by atoms with van der Waals surface area (Å²) in [7, 11) is 0. The highest BCUT2D eigenvalue weighted by atomic mass is 16.1. The van der Waals surface area contributed by atoms with Crippen LogP contribution in [0.5, 0.6) is 0 Å². The molecule has 0 radical (unpaired) electrons. The highest BCUT2D eigenvalue weighted by Gasteiger charge is 2.17. The van der Waals surface area contributed by atoms with Crippen molar-refractivity contribution in [1.82, 2.24) is 0 Å². The van der Waals surface area contributed by atoms with Crippen molar-refractivity contribution in [1.29, 1.82) is 0 Å². The number of hydrogen-bond acceptors (Lipinski definition) is 3. The maximum atomic E-state index is 13.1. The molecule has 0 saturated carbocycles. The van der Waals surface area contributed by atoms with Crippen LogP contribution >= 0.6 is 0 Å². The number of Topliss-reactive ketones (excluding diaryl/α,β-unsaturated/α-hetero) is 3. The number of ketones is 3. The highest BCUT2D eigenvalue weighted by molar-refractivity contribution is 6.06. The SMILES string of the molecule is O=C(CCc1ccccc1)c1cc(C(=O)CCc2ccccc2)cc(C(=O)CCc2ccccc2)c1. The van der Waals surface area contributed by atoms with Gasteiger partial charge in [-0.1, -0.05) is 91.0 Å². The summed E-state index contributed by atoms with van der Waals surface area (Å²) in [5, 5.41) is 0. The third kappa shape index (κ3) is 7.19. The summed E-state index contributed by atoms with van der Waals surface area (Å²) in [6, 6.07) is 34.5. The third-order valence-corrected chi connectivity index (χ3v) is 6.35. The van der Waals surface area contributed by atoms with E-state index in [-0.39, 0.29) is 17.3 Å². The van der Waals surface area contributed by atoms with Crippen molar-refractivity contribution >= 4 is 17.3 Å². The van der Waals surface area contributed by atoms with Gasteiger partial charge in [0.15, 0.2) is 17.3 Å². The summed E-state index contributed by atoms with van der Waals surface area (Å²) in [5.74, 6) is -0.184. The van der Waals surface area contributed by atoms with Gasteiger partial charge >= 0.3 is 0 Å². The lowest BCUT2D eigenvalue weighted by molar-refractivity contribution is 0.0982. The van der Waals surface area contributed by atoms with Gasteiger partial charge in [-0.25, -0.2) is 0 Å². The van der Waals surface area contributed by atoms with E-state index in [0.717, 1.165) is 16.7 Å². The Morgan fingerprint density at radius 1 is 0.389 bits per heavy atom. The van der Waals surface area contributed by atoms with Crippen LogP contribution in [0.3, 0.4) is 0 Å². The predicted octanol–water partition coefficient (Wildman–Crippen LogP) is 7.13. The Labute approximate surface area is 212 Å². The second-order valence-electron chi connectivity index (χ2n) is 9.03. The van der Waals surface area contributed by atoms with E-state index in [4.69, 9.17) is 0 Å². The first-order valence-electron chi connectivity index (χ1n) is 12.4. The average molecular weight is 475 g/mol. The maximum Gasteiger partial charge on any atom is 0.163 e. The smallest absolute Gasteiger partial charge is 0.163 e. The monoisotopic (exact) mass is 474 g/mol. The van der Waals surface area contributed by atoms with Crippen molar-refractivity contribution < 1.29 is 14.4 Å². The van der Waals surface area contributed by atoms with Crippen molar-refractivity contribution in [2.75, 3.05) is 0 Å². The first-order chi connectivity index (χ1) is 17.6. The second-order valence-corrected chi connectivity index (χ2v) is 9.03. The van der Waals surface area contributed by atoms with Crippen LogP contribution < -0.4 is 0 Å². The van der Waals surface area contributed by atoms with Gasteiger partial charge in [0.2, 0.25) is 0 Å². The van der Waals surface area contributed by atoms with Gasteiger partial charge in [0.05, 0.1) is 0 Å². The fourth-order valence-corrected chi connectivity index (χ4v) is 4.25. The van der Waals surface area contributed by atoms with E-state index in [0.29, 0.717) is 55.2 Å². The molecule has 4 rings (SSSR count). The zero-order valence-electron chi connectivity index (χ0n) is 20.4. The number of carbonyl (C=O) groups is 3. The molecular formula is C33H30O3. The molecule has 0 spiro atoms. The highest BCUT2D eigenvalue weighted by Crippen LogP contribution is 2.19. The Bertz CT molecular complexity index is 1130. The van der Waals surface area contributed by atoms with Gasteiger partial charge in [-0.05, 0) is 54.2 Å². The Kier molecular flexibility index (Phi) is 8.72. The maximum absolute atomic E-state index is 13.1. The Morgan fingerprint density at radius 2 is 0.639 bits per heavy atom. The quantitative estimate of drug-likeness (QED) is 0.205. The fourth-order valence-electron chi connectivity index (χ4n) is 4.25. The summed E-state index contributed by atoms with van der Waals surface area (Å²) < 4.78 is 0. The van der Waals surface area contributed by atoms with E-state index in [1.807, 2.05) is 91.0 Å². The molecule has 36 heavy (non-hydrogen) atoms. The van der Waals surface area contributed by atoms with Crippen molar-refractivity contribution in [3.8, 4) is 0 Å². The van der Waals surface area contributed by atoms with Crippen molar-refractivity contribution in [3.63, 3.8) is 0 Å². The molecule has 0 saturated heterocycles. The molecule has 0 atom stereocenters. The molecule has 3 heteroatoms. The van der Waals surface area contributed by atoms with E-state index in [1.165, 1.54) is 0 Å². The van der Waals surface area contributed by atoms with Crippen LogP contribution in [0.15, 0.2) is 109 Å². The molecule has 0 aromatic heterocycles. The minimum Gasteiger partial charge on any atom is -0.294 e. The summed E-state index contributed by atoms with van der Waals surface area (Å²) in [5.41, 5.74) is 4.54.